The molecule has 0 aromatic heterocycles. The summed E-state index contributed by atoms with van der Waals surface area (Å²) in [6, 6.07) is 0.236. The van der Waals surface area contributed by atoms with E-state index in [2.05, 4.69) is 19.2 Å². The quantitative estimate of drug-likeness (QED) is 0.809. The first kappa shape index (κ1) is 15.3. The van der Waals surface area contributed by atoms with Crippen LogP contribution in [0.4, 0.5) is 0 Å². The van der Waals surface area contributed by atoms with E-state index in [-0.39, 0.29) is 35.2 Å². The van der Waals surface area contributed by atoms with Gasteiger partial charge >= 0.3 is 5.97 Å². The molecule has 0 aromatic rings. The molecule has 2 saturated carbocycles. The Morgan fingerprint density at radius 1 is 1.10 bits per heavy atom. The van der Waals surface area contributed by atoms with Gasteiger partial charge in [-0.2, -0.15) is 0 Å². The van der Waals surface area contributed by atoms with E-state index in [1.165, 1.54) is 7.11 Å². The molecule has 0 aliphatic heterocycles. The average Bonchev–Trinajstić information content (AvgIpc) is 2.78. The van der Waals surface area contributed by atoms with E-state index < -0.39 is 0 Å². The number of methoxy groups -OCH3 is 1. The molecule has 1 N–H and O–H groups in total. The smallest absolute Gasteiger partial charge is 0.308 e. The second-order valence-corrected chi connectivity index (χ2v) is 7.01. The summed E-state index contributed by atoms with van der Waals surface area (Å²) >= 11 is 0. The van der Waals surface area contributed by atoms with Gasteiger partial charge in [0.2, 0.25) is 5.91 Å². The number of esters is 1. The lowest BCUT2D eigenvalue weighted by molar-refractivity contribution is -0.146. The summed E-state index contributed by atoms with van der Waals surface area (Å²) in [5.41, 5.74) is 0.132. The van der Waals surface area contributed by atoms with Gasteiger partial charge in [0.15, 0.2) is 0 Å². The Labute approximate surface area is 121 Å². The second kappa shape index (κ2) is 6.15. The molecule has 0 radical (unpaired) electrons. The highest BCUT2D eigenvalue weighted by molar-refractivity contribution is 5.80. The second-order valence-electron chi connectivity index (χ2n) is 7.01. The van der Waals surface area contributed by atoms with Crippen molar-refractivity contribution in [2.75, 3.05) is 7.11 Å². The molecule has 114 valence electrons. The van der Waals surface area contributed by atoms with Gasteiger partial charge in [0.1, 0.15) is 0 Å². The van der Waals surface area contributed by atoms with Crippen LogP contribution in [0.3, 0.4) is 0 Å². The SMILES string of the molecule is COC(=O)C1CCC(NC(=O)C2CCCC2(C)C)CC1. The first-order valence-electron chi connectivity index (χ1n) is 7.82. The summed E-state index contributed by atoms with van der Waals surface area (Å²) in [6.45, 7) is 4.39. The number of rotatable bonds is 3. The zero-order chi connectivity index (χ0) is 14.8. The van der Waals surface area contributed by atoms with Gasteiger partial charge in [0.05, 0.1) is 13.0 Å². The zero-order valence-corrected chi connectivity index (χ0v) is 12.9. The number of amides is 1. The standard InChI is InChI=1S/C16H27NO3/c1-16(2)10-4-5-13(16)14(18)17-12-8-6-11(7-9-12)15(19)20-3/h11-13H,4-10H2,1-3H3,(H,17,18). The number of carbonyl (C=O) groups is 2. The highest BCUT2D eigenvalue weighted by atomic mass is 16.5. The minimum Gasteiger partial charge on any atom is -0.469 e. The fourth-order valence-corrected chi connectivity index (χ4v) is 3.75. The third-order valence-corrected chi connectivity index (χ3v) is 5.18. The van der Waals surface area contributed by atoms with Crippen LogP contribution in [0.25, 0.3) is 0 Å². The Kier molecular flexibility index (Phi) is 4.71. The normalized spacial score (nSPS) is 32.6. The Balaban J connectivity index is 1.81. The van der Waals surface area contributed by atoms with Crippen molar-refractivity contribution in [2.45, 2.75) is 64.8 Å². The third-order valence-electron chi connectivity index (χ3n) is 5.18. The minimum absolute atomic E-state index is 0.0241. The van der Waals surface area contributed by atoms with Crippen LogP contribution in [-0.4, -0.2) is 25.0 Å². The fraction of sp³-hybridized carbons (Fsp3) is 0.875. The van der Waals surface area contributed by atoms with Crippen LogP contribution < -0.4 is 5.32 Å². The van der Waals surface area contributed by atoms with E-state index in [4.69, 9.17) is 4.74 Å². The van der Waals surface area contributed by atoms with Crippen LogP contribution in [0.1, 0.15) is 58.8 Å². The monoisotopic (exact) mass is 281 g/mol. The Morgan fingerprint density at radius 2 is 1.75 bits per heavy atom. The summed E-state index contributed by atoms with van der Waals surface area (Å²) < 4.78 is 4.79. The summed E-state index contributed by atoms with van der Waals surface area (Å²) in [7, 11) is 1.44. The zero-order valence-electron chi connectivity index (χ0n) is 12.9. The molecule has 2 aliphatic carbocycles. The van der Waals surface area contributed by atoms with E-state index in [9.17, 15) is 9.59 Å². The van der Waals surface area contributed by atoms with Crippen LogP contribution in [-0.2, 0) is 14.3 Å². The number of carbonyl (C=O) groups excluding carboxylic acids is 2. The molecule has 2 rings (SSSR count). The van der Waals surface area contributed by atoms with E-state index >= 15 is 0 Å². The number of ether oxygens (including phenoxy) is 1. The largest absolute Gasteiger partial charge is 0.469 e. The molecule has 0 spiro atoms. The molecule has 2 fully saturated rings. The molecule has 2 aliphatic rings. The lowest BCUT2D eigenvalue weighted by Crippen LogP contribution is -2.44. The van der Waals surface area contributed by atoms with Crippen molar-refractivity contribution >= 4 is 11.9 Å². The number of hydrogen-bond donors (Lipinski definition) is 1. The lowest BCUT2D eigenvalue weighted by atomic mass is 9.80. The van der Waals surface area contributed by atoms with Crippen molar-refractivity contribution in [2.24, 2.45) is 17.3 Å². The molecule has 0 aromatic carbocycles. The molecule has 20 heavy (non-hydrogen) atoms. The Morgan fingerprint density at radius 3 is 2.25 bits per heavy atom. The summed E-state index contributed by atoms with van der Waals surface area (Å²) in [4.78, 5) is 23.9. The van der Waals surface area contributed by atoms with Gasteiger partial charge in [-0.25, -0.2) is 0 Å². The van der Waals surface area contributed by atoms with Gasteiger partial charge in [-0.05, 0) is 43.9 Å². The average molecular weight is 281 g/mol. The molecule has 0 bridgehead atoms. The minimum atomic E-state index is -0.105. The molecule has 1 atom stereocenters. The molecular weight excluding hydrogens is 254 g/mol. The lowest BCUT2D eigenvalue weighted by Gasteiger charge is -2.31. The van der Waals surface area contributed by atoms with Crippen molar-refractivity contribution in [3.8, 4) is 0 Å². The topological polar surface area (TPSA) is 55.4 Å². The summed E-state index contributed by atoms with van der Waals surface area (Å²) in [6.07, 6.45) is 6.73. The number of nitrogens with one attached hydrogen (secondary N) is 1. The van der Waals surface area contributed by atoms with Crippen molar-refractivity contribution in [1.29, 1.82) is 0 Å². The molecule has 1 amide bonds. The highest BCUT2D eigenvalue weighted by Gasteiger charge is 2.40. The predicted octanol–water partition coefficient (Wildman–Crippen LogP) is 2.66. The molecular formula is C16H27NO3. The maximum atomic E-state index is 12.4. The summed E-state index contributed by atoms with van der Waals surface area (Å²) in [5, 5.41) is 3.20. The molecule has 0 saturated heterocycles. The Hall–Kier alpha value is -1.06. The van der Waals surface area contributed by atoms with Crippen molar-refractivity contribution in [3.05, 3.63) is 0 Å². The van der Waals surface area contributed by atoms with E-state index in [1.54, 1.807) is 0 Å². The van der Waals surface area contributed by atoms with Gasteiger partial charge in [-0.3, -0.25) is 9.59 Å². The molecule has 0 heterocycles. The van der Waals surface area contributed by atoms with Crippen LogP contribution >= 0.6 is 0 Å². The molecule has 4 nitrogen and oxygen atoms in total. The van der Waals surface area contributed by atoms with Gasteiger partial charge in [0, 0.05) is 12.0 Å². The first-order valence-corrected chi connectivity index (χ1v) is 7.82. The van der Waals surface area contributed by atoms with E-state index in [0.717, 1.165) is 44.9 Å². The maximum Gasteiger partial charge on any atom is 0.308 e. The third kappa shape index (κ3) is 3.33. The number of hydrogen-bond acceptors (Lipinski definition) is 3. The van der Waals surface area contributed by atoms with Crippen LogP contribution in [0.5, 0.6) is 0 Å². The fourth-order valence-electron chi connectivity index (χ4n) is 3.75. The molecule has 4 heteroatoms. The predicted molar refractivity (Wildman–Crippen MR) is 77.0 cm³/mol. The van der Waals surface area contributed by atoms with Crippen LogP contribution in [0.2, 0.25) is 0 Å². The van der Waals surface area contributed by atoms with Crippen molar-refractivity contribution in [1.82, 2.24) is 5.32 Å². The van der Waals surface area contributed by atoms with Crippen molar-refractivity contribution < 1.29 is 14.3 Å². The van der Waals surface area contributed by atoms with Gasteiger partial charge in [0.25, 0.3) is 0 Å². The van der Waals surface area contributed by atoms with Gasteiger partial charge in [-0.1, -0.05) is 20.3 Å². The van der Waals surface area contributed by atoms with E-state index in [1.807, 2.05) is 0 Å². The van der Waals surface area contributed by atoms with Gasteiger partial charge < -0.3 is 10.1 Å². The van der Waals surface area contributed by atoms with Crippen LogP contribution in [0.15, 0.2) is 0 Å². The Bertz CT molecular complexity index is 370. The van der Waals surface area contributed by atoms with Crippen molar-refractivity contribution in [3.63, 3.8) is 0 Å². The van der Waals surface area contributed by atoms with Crippen LogP contribution in [0, 0.1) is 17.3 Å². The highest BCUT2D eigenvalue weighted by Crippen LogP contribution is 2.42. The first-order chi connectivity index (χ1) is 9.44. The maximum absolute atomic E-state index is 12.4. The molecule has 1 unspecified atom stereocenters. The van der Waals surface area contributed by atoms with Gasteiger partial charge in [-0.15, -0.1) is 0 Å². The van der Waals surface area contributed by atoms with E-state index in [0.29, 0.717) is 0 Å². The summed E-state index contributed by atoms with van der Waals surface area (Å²) in [5.74, 6) is 0.289.